The maximum absolute atomic E-state index is 5.37. The Labute approximate surface area is 115 Å². The summed E-state index contributed by atoms with van der Waals surface area (Å²) in [4.78, 5) is 0. The molecule has 0 bridgehead atoms. The maximum atomic E-state index is 5.37. The van der Waals surface area contributed by atoms with Gasteiger partial charge in [0.25, 0.3) is 0 Å². The molecule has 1 fully saturated rings. The summed E-state index contributed by atoms with van der Waals surface area (Å²) >= 11 is 0. The number of hydrogen-bond acceptors (Lipinski definition) is 4. The zero-order chi connectivity index (χ0) is 13.5. The third-order valence-corrected chi connectivity index (χ3v) is 3.49. The number of nitrogens with one attached hydrogen (secondary N) is 1. The fraction of sp³-hybridized carbons (Fsp3) is 0.600. The Morgan fingerprint density at radius 1 is 1.21 bits per heavy atom. The standard InChI is InChI=1S/C15H23NO3/c1-17-14-7-13(8-15(9-14)18-2)10-16-5-3-12-4-6-19-11-12/h7-9,12,16H,3-6,10-11H2,1-2H3. The minimum absolute atomic E-state index is 0.729. The van der Waals surface area contributed by atoms with Gasteiger partial charge in [0.15, 0.2) is 0 Å². The molecular weight excluding hydrogens is 242 g/mol. The van der Waals surface area contributed by atoms with Crippen molar-refractivity contribution in [3.63, 3.8) is 0 Å². The van der Waals surface area contributed by atoms with Crippen molar-refractivity contribution >= 4 is 0 Å². The second-order valence-corrected chi connectivity index (χ2v) is 4.92. The third kappa shape index (κ3) is 4.40. The monoisotopic (exact) mass is 265 g/mol. The van der Waals surface area contributed by atoms with Crippen molar-refractivity contribution in [3.05, 3.63) is 23.8 Å². The molecule has 1 aliphatic rings. The summed E-state index contributed by atoms with van der Waals surface area (Å²) in [7, 11) is 3.35. The SMILES string of the molecule is COc1cc(CNCCC2CCOC2)cc(OC)c1. The van der Waals surface area contributed by atoms with Crippen LogP contribution in [0.3, 0.4) is 0 Å². The quantitative estimate of drug-likeness (QED) is 0.767. The van der Waals surface area contributed by atoms with Crippen molar-refractivity contribution in [2.24, 2.45) is 5.92 Å². The van der Waals surface area contributed by atoms with Crippen molar-refractivity contribution in [1.29, 1.82) is 0 Å². The molecule has 0 aliphatic carbocycles. The van der Waals surface area contributed by atoms with Gasteiger partial charge in [-0.2, -0.15) is 0 Å². The molecule has 1 aliphatic heterocycles. The molecule has 106 valence electrons. The smallest absolute Gasteiger partial charge is 0.122 e. The van der Waals surface area contributed by atoms with Crippen LogP contribution in [0.2, 0.25) is 0 Å². The zero-order valence-electron chi connectivity index (χ0n) is 11.8. The fourth-order valence-corrected chi connectivity index (χ4v) is 2.32. The van der Waals surface area contributed by atoms with Gasteiger partial charge in [0.2, 0.25) is 0 Å². The normalized spacial score (nSPS) is 18.5. The number of hydrogen-bond donors (Lipinski definition) is 1. The molecule has 2 rings (SSSR count). The fourth-order valence-electron chi connectivity index (χ4n) is 2.32. The number of ether oxygens (including phenoxy) is 3. The van der Waals surface area contributed by atoms with Crippen molar-refractivity contribution in [1.82, 2.24) is 5.32 Å². The predicted octanol–water partition coefficient (Wildman–Crippen LogP) is 2.22. The molecule has 0 radical (unpaired) electrons. The van der Waals surface area contributed by atoms with Crippen LogP contribution in [0.15, 0.2) is 18.2 Å². The molecule has 0 amide bonds. The van der Waals surface area contributed by atoms with Gasteiger partial charge in [0, 0.05) is 25.8 Å². The Morgan fingerprint density at radius 2 is 1.95 bits per heavy atom. The highest BCUT2D eigenvalue weighted by Crippen LogP contribution is 2.22. The highest BCUT2D eigenvalue weighted by atomic mass is 16.5. The molecule has 0 aromatic heterocycles. The van der Waals surface area contributed by atoms with Crippen LogP contribution in [0.1, 0.15) is 18.4 Å². The van der Waals surface area contributed by atoms with Gasteiger partial charge < -0.3 is 19.5 Å². The maximum Gasteiger partial charge on any atom is 0.122 e. The Hall–Kier alpha value is -1.26. The number of rotatable bonds is 7. The second-order valence-electron chi connectivity index (χ2n) is 4.92. The van der Waals surface area contributed by atoms with E-state index < -0.39 is 0 Å². The molecule has 1 N–H and O–H groups in total. The lowest BCUT2D eigenvalue weighted by atomic mass is 10.1. The summed E-state index contributed by atoms with van der Waals surface area (Å²) < 4.78 is 15.9. The van der Waals surface area contributed by atoms with Crippen molar-refractivity contribution < 1.29 is 14.2 Å². The molecule has 4 heteroatoms. The van der Waals surface area contributed by atoms with Gasteiger partial charge in [-0.3, -0.25) is 0 Å². The van der Waals surface area contributed by atoms with Gasteiger partial charge in [-0.1, -0.05) is 0 Å². The Bertz CT molecular complexity index is 367. The van der Waals surface area contributed by atoms with E-state index in [4.69, 9.17) is 14.2 Å². The summed E-state index contributed by atoms with van der Waals surface area (Å²) in [6.45, 7) is 3.71. The molecule has 0 spiro atoms. The lowest BCUT2D eigenvalue weighted by Crippen LogP contribution is -2.18. The van der Waals surface area contributed by atoms with E-state index in [-0.39, 0.29) is 0 Å². The Kier molecular flexibility index (Phi) is 5.48. The Balaban J connectivity index is 1.77. The van der Waals surface area contributed by atoms with E-state index in [1.165, 1.54) is 18.4 Å². The van der Waals surface area contributed by atoms with Crippen molar-refractivity contribution in [2.75, 3.05) is 34.0 Å². The molecular formula is C15H23NO3. The largest absolute Gasteiger partial charge is 0.497 e. The van der Waals surface area contributed by atoms with E-state index in [1.807, 2.05) is 18.2 Å². The first-order valence-corrected chi connectivity index (χ1v) is 6.82. The summed E-state index contributed by atoms with van der Waals surface area (Å²) in [5.41, 5.74) is 1.18. The van der Waals surface area contributed by atoms with E-state index in [2.05, 4.69) is 5.32 Å². The summed E-state index contributed by atoms with van der Waals surface area (Å²) in [5, 5.41) is 3.46. The predicted molar refractivity (Wildman–Crippen MR) is 74.8 cm³/mol. The van der Waals surface area contributed by atoms with E-state index >= 15 is 0 Å². The van der Waals surface area contributed by atoms with Gasteiger partial charge in [-0.05, 0) is 43.0 Å². The molecule has 0 saturated carbocycles. The molecule has 1 heterocycles. The van der Waals surface area contributed by atoms with Crippen LogP contribution in [-0.2, 0) is 11.3 Å². The topological polar surface area (TPSA) is 39.7 Å². The molecule has 1 saturated heterocycles. The summed E-state index contributed by atoms with van der Waals surface area (Å²) in [6, 6.07) is 5.96. The zero-order valence-corrected chi connectivity index (χ0v) is 11.8. The van der Waals surface area contributed by atoms with Crippen LogP contribution >= 0.6 is 0 Å². The second kappa shape index (κ2) is 7.36. The third-order valence-electron chi connectivity index (χ3n) is 3.49. The number of benzene rings is 1. The number of methoxy groups -OCH3 is 2. The van der Waals surface area contributed by atoms with Gasteiger partial charge in [-0.15, -0.1) is 0 Å². The average Bonchev–Trinajstić information content (AvgIpc) is 2.96. The minimum Gasteiger partial charge on any atom is -0.497 e. The van der Waals surface area contributed by atoms with Crippen LogP contribution in [0.25, 0.3) is 0 Å². The first-order valence-electron chi connectivity index (χ1n) is 6.82. The lowest BCUT2D eigenvalue weighted by molar-refractivity contribution is 0.184. The van der Waals surface area contributed by atoms with E-state index in [0.717, 1.165) is 43.7 Å². The van der Waals surface area contributed by atoms with Crippen LogP contribution in [0.5, 0.6) is 11.5 Å². The van der Waals surface area contributed by atoms with Gasteiger partial charge in [0.1, 0.15) is 11.5 Å². The average molecular weight is 265 g/mol. The molecule has 1 aromatic rings. The van der Waals surface area contributed by atoms with E-state index in [0.29, 0.717) is 0 Å². The summed E-state index contributed by atoms with van der Waals surface area (Å²) in [6.07, 6.45) is 2.38. The van der Waals surface area contributed by atoms with Gasteiger partial charge in [-0.25, -0.2) is 0 Å². The molecule has 1 unspecified atom stereocenters. The van der Waals surface area contributed by atoms with Crippen LogP contribution in [0.4, 0.5) is 0 Å². The van der Waals surface area contributed by atoms with Crippen molar-refractivity contribution in [2.45, 2.75) is 19.4 Å². The summed E-state index contributed by atoms with van der Waals surface area (Å²) in [5.74, 6) is 2.40. The first kappa shape index (κ1) is 14.2. The van der Waals surface area contributed by atoms with E-state index in [1.54, 1.807) is 14.2 Å². The molecule has 1 aromatic carbocycles. The molecule has 19 heavy (non-hydrogen) atoms. The lowest BCUT2D eigenvalue weighted by Gasteiger charge is -2.11. The molecule has 1 atom stereocenters. The highest BCUT2D eigenvalue weighted by molar-refractivity contribution is 5.38. The van der Waals surface area contributed by atoms with Crippen LogP contribution in [-0.4, -0.2) is 34.0 Å². The van der Waals surface area contributed by atoms with E-state index in [9.17, 15) is 0 Å². The van der Waals surface area contributed by atoms with Gasteiger partial charge in [0.05, 0.1) is 14.2 Å². The highest BCUT2D eigenvalue weighted by Gasteiger charge is 2.14. The Morgan fingerprint density at radius 3 is 2.53 bits per heavy atom. The molecule has 4 nitrogen and oxygen atoms in total. The van der Waals surface area contributed by atoms with Gasteiger partial charge >= 0.3 is 0 Å². The van der Waals surface area contributed by atoms with Crippen LogP contribution < -0.4 is 14.8 Å². The first-order chi connectivity index (χ1) is 9.31. The minimum atomic E-state index is 0.729. The van der Waals surface area contributed by atoms with Crippen LogP contribution in [0, 0.1) is 5.92 Å². The van der Waals surface area contributed by atoms with Crippen molar-refractivity contribution in [3.8, 4) is 11.5 Å².